The van der Waals surface area contributed by atoms with E-state index in [1.807, 2.05) is 36.6 Å². The molecule has 156 valence electrons. The van der Waals surface area contributed by atoms with Gasteiger partial charge in [-0.2, -0.15) is 0 Å². The first-order chi connectivity index (χ1) is 14.4. The molecule has 3 rings (SSSR count). The summed E-state index contributed by atoms with van der Waals surface area (Å²) >= 11 is 0. The van der Waals surface area contributed by atoms with Crippen LogP contribution in [0, 0.1) is 13.8 Å². The Hall–Kier alpha value is -3.61. The van der Waals surface area contributed by atoms with Crippen molar-refractivity contribution in [1.29, 1.82) is 0 Å². The van der Waals surface area contributed by atoms with Crippen molar-refractivity contribution in [1.82, 2.24) is 9.55 Å². The highest BCUT2D eigenvalue weighted by Crippen LogP contribution is 2.25. The van der Waals surface area contributed by atoms with Gasteiger partial charge in [0, 0.05) is 34.8 Å². The van der Waals surface area contributed by atoms with Crippen molar-refractivity contribution in [2.24, 2.45) is 0 Å². The predicted octanol–water partition coefficient (Wildman–Crippen LogP) is 3.47. The maximum absolute atomic E-state index is 12.7. The van der Waals surface area contributed by atoms with Gasteiger partial charge in [0.25, 0.3) is 0 Å². The van der Waals surface area contributed by atoms with Crippen molar-refractivity contribution in [3.05, 3.63) is 71.2 Å². The van der Waals surface area contributed by atoms with Gasteiger partial charge in [-0.15, -0.1) is 0 Å². The summed E-state index contributed by atoms with van der Waals surface area (Å²) in [5.41, 5.74) is 2.80. The highest BCUT2D eigenvalue weighted by Gasteiger charge is 2.19. The van der Waals surface area contributed by atoms with E-state index >= 15 is 0 Å². The van der Waals surface area contributed by atoms with Gasteiger partial charge in [0.2, 0.25) is 5.78 Å². The van der Waals surface area contributed by atoms with Crippen LogP contribution in [0.1, 0.15) is 27.3 Å². The van der Waals surface area contributed by atoms with Gasteiger partial charge in [0.15, 0.2) is 6.61 Å². The molecule has 0 radical (unpaired) electrons. The summed E-state index contributed by atoms with van der Waals surface area (Å²) in [6.07, 6.45) is 1.69. The number of aromatic nitrogens is 2. The fourth-order valence-electron chi connectivity index (χ4n) is 3.31. The summed E-state index contributed by atoms with van der Waals surface area (Å²) < 4.78 is 17.6. The normalized spacial score (nSPS) is 10.5. The zero-order valence-electron chi connectivity index (χ0n) is 17.5. The van der Waals surface area contributed by atoms with Crippen molar-refractivity contribution in [2.45, 2.75) is 20.3 Å². The van der Waals surface area contributed by atoms with Crippen LogP contribution in [0.4, 0.5) is 0 Å². The lowest BCUT2D eigenvalue weighted by atomic mass is 10.1. The summed E-state index contributed by atoms with van der Waals surface area (Å²) in [6, 6.07) is 12.5. The maximum Gasteiger partial charge on any atom is 0.310 e. The van der Waals surface area contributed by atoms with Crippen molar-refractivity contribution in [3.63, 3.8) is 0 Å². The van der Waals surface area contributed by atoms with Gasteiger partial charge in [-0.3, -0.25) is 9.59 Å². The fourth-order valence-corrected chi connectivity index (χ4v) is 3.31. The standard InChI is InChI=1S/C23H24N2O5/c1-15-11-19(16(2)25(15)22-7-5-6-10-24-22)20(26)14-30-23(27)12-17-8-9-18(28-3)13-21(17)29-4/h5-11,13H,12,14H2,1-4H3. The van der Waals surface area contributed by atoms with E-state index in [0.29, 0.717) is 22.6 Å². The Bertz CT molecular complexity index is 1060. The Morgan fingerprint density at radius 3 is 2.50 bits per heavy atom. The van der Waals surface area contributed by atoms with Crippen LogP contribution in [0.25, 0.3) is 5.82 Å². The topological polar surface area (TPSA) is 79.7 Å². The Morgan fingerprint density at radius 2 is 1.83 bits per heavy atom. The average Bonchev–Trinajstić information content (AvgIpc) is 3.06. The summed E-state index contributed by atoms with van der Waals surface area (Å²) in [5.74, 6) is 1.11. The third kappa shape index (κ3) is 4.51. The minimum Gasteiger partial charge on any atom is -0.497 e. The van der Waals surface area contributed by atoms with Crippen LogP contribution >= 0.6 is 0 Å². The van der Waals surface area contributed by atoms with Gasteiger partial charge in [0.1, 0.15) is 17.3 Å². The smallest absolute Gasteiger partial charge is 0.310 e. The van der Waals surface area contributed by atoms with E-state index in [2.05, 4.69) is 4.98 Å². The van der Waals surface area contributed by atoms with E-state index in [9.17, 15) is 9.59 Å². The van der Waals surface area contributed by atoms with Gasteiger partial charge < -0.3 is 18.8 Å². The number of Topliss-reactive ketones (excluding diaryl/α,β-unsaturated/α-hetero) is 1. The number of aryl methyl sites for hydroxylation is 1. The number of esters is 1. The van der Waals surface area contributed by atoms with Gasteiger partial charge in [-0.25, -0.2) is 4.98 Å². The highest BCUT2D eigenvalue weighted by molar-refractivity contribution is 5.99. The van der Waals surface area contributed by atoms with Crippen LogP contribution in [-0.2, 0) is 16.0 Å². The molecule has 0 fully saturated rings. The fraction of sp³-hybridized carbons (Fsp3) is 0.261. The van der Waals surface area contributed by atoms with Gasteiger partial charge in [-0.1, -0.05) is 12.1 Å². The number of pyridine rings is 1. The monoisotopic (exact) mass is 408 g/mol. The molecule has 0 N–H and O–H groups in total. The Balaban J connectivity index is 1.67. The Morgan fingerprint density at radius 1 is 1.03 bits per heavy atom. The average molecular weight is 408 g/mol. The first kappa shape index (κ1) is 21.1. The molecule has 0 bridgehead atoms. The Kier molecular flexibility index (Phi) is 6.51. The molecule has 2 heterocycles. The molecule has 0 spiro atoms. The van der Waals surface area contributed by atoms with Crippen molar-refractivity contribution in [2.75, 3.05) is 20.8 Å². The van der Waals surface area contributed by atoms with Crippen molar-refractivity contribution in [3.8, 4) is 17.3 Å². The first-order valence-corrected chi connectivity index (χ1v) is 9.44. The van der Waals surface area contributed by atoms with Gasteiger partial charge >= 0.3 is 5.97 Å². The van der Waals surface area contributed by atoms with Crippen LogP contribution in [0.3, 0.4) is 0 Å². The maximum atomic E-state index is 12.7. The van der Waals surface area contributed by atoms with Crippen molar-refractivity contribution < 1.29 is 23.8 Å². The number of carbonyl (C=O) groups is 2. The summed E-state index contributed by atoms with van der Waals surface area (Å²) in [7, 11) is 3.07. The molecule has 3 aromatic rings. The van der Waals surface area contributed by atoms with E-state index in [1.54, 1.807) is 37.6 Å². The van der Waals surface area contributed by atoms with Gasteiger partial charge in [-0.05, 0) is 38.1 Å². The van der Waals surface area contributed by atoms with E-state index < -0.39 is 5.97 Å². The molecular formula is C23H24N2O5. The SMILES string of the molecule is COc1ccc(CC(=O)OCC(=O)c2cc(C)n(-c3ccccn3)c2C)c(OC)c1. The second-order valence-corrected chi connectivity index (χ2v) is 6.75. The number of ether oxygens (including phenoxy) is 3. The third-order valence-corrected chi connectivity index (χ3v) is 4.80. The number of carbonyl (C=O) groups excluding carboxylic acids is 2. The van der Waals surface area contributed by atoms with Crippen LogP contribution < -0.4 is 9.47 Å². The third-order valence-electron chi connectivity index (χ3n) is 4.80. The molecule has 0 amide bonds. The molecule has 30 heavy (non-hydrogen) atoms. The highest BCUT2D eigenvalue weighted by atomic mass is 16.5. The largest absolute Gasteiger partial charge is 0.497 e. The molecule has 0 unspecified atom stereocenters. The number of methoxy groups -OCH3 is 2. The number of hydrogen-bond donors (Lipinski definition) is 0. The van der Waals surface area contributed by atoms with Crippen LogP contribution in [0.5, 0.6) is 11.5 Å². The molecular weight excluding hydrogens is 384 g/mol. The second-order valence-electron chi connectivity index (χ2n) is 6.75. The zero-order valence-corrected chi connectivity index (χ0v) is 17.5. The Labute approximate surface area is 175 Å². The van der Waals surface area contributed by atoms with Crippen LogP contribution in [0.2, 0.25) is 0 Å². The van der Waals surface area contributed by atoms with E-state index in [1.165, 1.54) is 7.11 Å². The number of benzene rings is 1. The molecule has 0 atom stereocenters. The quantitative estimate of drug-likeness (QED) is 0.419. The van der Waals surface area contributed by atoms with Crippen molar-refractivity contribution >= 4 is 11.8 Å². The first-order valence-electron chi connectivity index (χ1n) is 9.44. The lowest BCUT2D eigenvalue weighted by Gasteiger charge is -2.10. The molecule has 0 saturated carbocycles. The lowest BCUT2D eigenvalue weighted by Crippen LogP contribution is -2.16. The van der Waals surface area contributed by atoms with E-state index in [0.717, 1.165) is 17.2 Å². The molecule has 2 aromatic heterocycles. The minimum atomic E-state index is -0.509. The number of ketones is 1. The van der Waals surface area contributed by atoms with Gasteiger partial charge in [0.05, 0.1) is 20.6 Å². The summed E-state index contributed by atoms with van der Waals surface area (Å²) in [5, 5.41) is 0. The number of rotatable bonds is 8. The molecule has 1 aromatic carbocycles. The second kappa shape index (κ2) is 9.26. The lowest BCUT2D eigenvalue weighted by molar-refractivity contribution is -0.141. The van der Waals surface area contributed by atoms with Crippen LogP contribution in [-0.4, -0.2) is 42.1 Å². The summed E-state index contributed by atoms with van der Waals surface area (Å²) in [4.78, 5) is 29.3. The van der Waals surface area contributed by atoms with E-state index in [-0.39, 0.29) is 18.8 Å². The zero-order chi connectivity index (χ0) is 21.7. The molecule has 7 nitrogen and oxygen atoms in total. The van der Waals surface area contributed by atoms with Crippen LogP contribution in [0.15, 0.2) is 48.7 Å². The molecule has 0 aliphatic carbocycles. The molecule has 0 aliphatic rings. The minimum absolute atomic E-state index is 0.00654. The molecule has 0 saturated heterocycles. The molecule has 7 heteroatoms. The number of nitrogens with zero attached hydrogens (tertiary/aromatic N) is 2. The predicted molar refractivity (Wildman–Crippen MR) is 112 cm³/mol. The molecule has 0 aliphatic heterocycles. The van der Waals surface area contributed by atoms with E-state index in [4.69, 9.17) is 14.2 Å². The summed E-state index contributed by atoms with van der Waals surface area (Å²) in [6.45, 7) is 3.42. The number of hydrogen-bond acceptors (Lipinski definition) is 6.